The lowest BCUT2D eigenvalue weighted by Crippen LogP contribution is -2.50. The third-order valence-electron chi connectivity index (χ3n) is 6.06. The normalized spacial score (nSPS) is 27.9. The number of aromatic nitrogens is 2. The largest absolute Gasteiger partial charge is 0.339 e. The van der Waals surface area contributed by atoms with E-state index in [1.165, 1.54) is 0 Å². The second-order valence-corrected chi connectivity index (χ2v) is 7.84. The first-order valence-corrected chi connectivity index (χ1v) is 7.95. The highest BCUT2D eigenvalue weighted by atomic mass is 16.5. The number of amides is 1. The lowest BCUT2D eigenvalue weighted by molar-refractivity contribution is -0.137. The van der Waals surface area contributed by atoms with Crippen molar-refractivity contribution in [1.82, 2.24) is 19.9 Å². The molecule has 1 atom stereocenters. The maximum Gasteiger partial charge on any atom is 0.245 e. The van der Waals surface area contributed by atoms with Crippen molar-refractivity contribution in [3.05, 3.63) is 11.7 Å². The van der Waals surface area contributed by atoms with Gasteiger partial charge < -0.3 is 9.42 Å². The molecule has 1 saturated heterocycles. The van der Waals surface area contributed by atoms with E-state index in [2.05, 4.69) is 42.7 Å². The lowest BCUT2D eigenvalue weighted by Gasteiger charge is -2.38. The van der Waals surface area contributed by atoms with Crippen molar-refractivity contribution in [3.8, 4) is 0 Å². The molecule has 1 aromatic heterocycles. The summed E-state index contributed by atoms with van der Waals surface area (Å²) in [4.78, 5) is 21.4. The Morgan fingerprint density at radius 2 is 1.86 bits per heavy atom. The third kappa shape index (κ3) is 2.16. The molecule has 0 N–H and O–H groups in total. The predicted molar refractivity (Wildman–Crippen MR) is 82.0 cm³/mol. The Kier molecular flexibility index (Phi) is 3.36. The van der Waals surface area contributed by atoms with Gasteiger partial charge >= 0.3 is 0 Å². The van der Waals surface area contributed by atoms with Gasteiger partial charge in [0, 0.05) is 25.6 Å². The molecule has 2 heterocycles. The summed E-state index contributed by atoms with van der Waals surface area (Å²) in [6.07, 6.45) is 0. The average molecular weight is 306 g/mol. The van der Waals surface area contributed by atoms with Crippen LogP contribution in [0.25, 0.3) is 0 Å². The summed E-state index contributed by atoms with van der Waals surface area (Å²) in [5.74, 6) is 1.61. The monoisotopic (exact) mass is 306 g/mol. The summed E-state index contributed by atoms with van der Waals surface area (Å²) in [5, 5.41) is 3.87. The standard InChI is InChI=1S/C16H26N4O2/c1-10-17-13(22-18-10)11-9-20(8-7-19(11)6)14(21)12-15(2,3)16(12,4)5/h11-12H,7-9H2,1-6H3/t11-/m0/s1. The summed E-state index contributed by atoms with van der Waals surface area (Å²) in [6, 6.07) is -0.0103. The van der Waals surface area contributed by atoms with E-state index in [4.69, 9.17) is 4.52 Å². The summed E-state index contributed by atoms with van der Waals surface area (Å²) < 4.78 is 5.32. The Morgan fingerprint density at radius 3 is 2.36 bits per heavy atom. The minimum absolute atomic E-state index is 0.0103. The minimum Gasteiger partial charge on any atom is -0.339 e. The van der Waals surface area contributed by atoms with Crippen molar-refractivity contribution in [2.45, 2.75) is 40.7 Å². The molecule has 1 aromatic rings. The lowest BCUT2D eigenvalue weighted by atomic mass is 10.0. The van der Waals surface area contributed by atoms with Gasteiger partial charge in [-0.3, -0.25) is 9.69 Å². The van der Waals surface area contributed by atoms with Gasteiger partial charge in [0.2, 0.25) is 11.8 Å². The molecular formula is C16H26N4O2. The second kappa shape index (κ2) is 4.78. The van der Waals surface area contributed by atoms with Gasteiger partial charge in [-0.05, 0) is 24.8 Å². The molecule has 6 nitrogen and oxygen atoms in total. The predicted octanol–water partition coefficient (Wildman–Crippen LogP) is 1.88. The second-order valence-electron chi connectivity index (χ2n) is 7.84. The van der Waals surface area contributed by atoms with Crippen molar-refractivity contribution < 1.29 is 9.32 Å². The molecule has 0 aromatic carbocycles. The van der Waals surface area contributed by atoms with Crippen LogP contribution in [0.1, 0.15) is 45.5 Å². The van der Waals surface area contributed by atoms with E-state index in [0.717, 1.165) is 13.1 Å². The molecule has 1 aliphatic heterocycles. The van der Waals surface area contributed by atoms with E-state index in [0.29, 0.717) is 18.3 Å². The molecule has 0 spiro atoms. The zero-order valence-corrected chi connectivity index (χ0v) is 14.4. The van der Waals surface area contributed by atoms with Crippen LogP contribution in [0, 0.1) is 23.7 Å². The first-order chi connectivity index (χ1) is 10.2. The van der Waals surface area contributed by atoms with Gasteiger partial charge in [-0.1, -0.05) is 32.9 Å². The maximum atomic E-state index is 12.9. The van der Waals surface area contributed by atoms with Crippen LogP contribution in [0.2, 0.25) is 0 Å². The first-order valence-electron chi connectivity index (χ1n) is 7.95. The Bertz CT molecular complexity index is 579. The molecule has 0 unspecified atom stereocenters. The van der Waals surface area contributed by atoms with Gasteiger partial charge in [-0.15, -0.1) is 0 Å². The molecule has 1 aliphatic carbocycles. The zero-order valence-electron chi connectivity index (χ0n) is 14.4. The molecule has 1 amide bonds. The van der Waals surface area contributed by atoms with Gasteiger partial charge in [0.1, 0.15) is 6.04 Å². The smallest absolute Gasteiger partial charge is 0.245 e. The number of nitrogens with zero attached hydrogens (tertiary/aromatic N) is 4. The van der Waals surface area contributed by atoms with Crippen LogP contribution >= 0.6 is 0 Å². The van der Waals surface area contributed by atoms with Crippen molar-refractivity contribution in [1.29, 1.82) is 0 Å². The number of carbonyl (C=O) groups is 1. The maximum absolute atomic E-state index is 12.9. The molecule has 122 valence electrons. The molecule has 1 saturated carbocycles. The molecule has 2 fully saturated rings. The van der Waals surface area contributed by atoms with Crippen LogP contribution in [0.5, 0.6) is 0 Å². The first kappa shape index (κ1) is 15.5. The molecule has 6 heteroatoms. The molecule has 0 radical (unpaired) electrons. The number of rotatable bonds is 2. The van der Waals surface area contributed by atoms with E-state index >= 15 is 0 Å². The Balaban J connectivity index is 1.75. The van der Waals surface area contributed by atoms with Crippen LogP contribution < -0.4 is 0 Å². The van der Waals surface area contributed by atoms with E-state index in [1.54, 1.807) is 0 Å². The van der Waals surface area contributed by atoms with E-state index < -0.39 is 0 Å². The highest BCUT2D eigenvalue weighted by Crippen LogP contribution is 2.68. The Morgan fingerprint density at radius 1 is 1.23 bits per heavy atom. The number of hydrogen-bond acceptors (Lipinski definition) is 5. The van der Waals surface area contributed by atoms with Gasteiger partial charge in [0.15, 0.2) is 5.82 Å². The van der Waals surface area contributed by atoms with Crippen LogP contribution in [-0.2, 0) is 4.79 Å². The van der Waals surface area contributed by atoms with E-state index in [1.807, 2.05) is 18.9 Å². The minimum atomic E-state index is -0.0103. The van der Waals surface area contributed by atoms with Crippen molar-refractivity contribution in [2.24, 2.45) is 16.7 Å². The van der Waals surface area contributed by atoms with Gasteiger partial charge in [0.05, 0.1) is 0 Å². The van der Waals surface area contributed by atoms with Gasteiger partial charge in [-0.25, -0.2) is 0 Å². The summed E-state index contributed by atoms with van der Waals surface area (Å²) >= 11 is 0. The number of aryl methyl sites for hydroxylation is 1. The van der Waals surface area contributed by atoms with E-state index in [-0.39, 0.29) is 28.7 Å². The summed E-state index contributed by atoms with van der Waals surface area (Å²) in [6.45, 7) is 12.8. The van der Waals surface area contributed by atoms with Crippen LogP contribution in [-0.4, -0.2) is 52.5 Å². The fourth-order valence-electron chi connectivity index (χ4n) is 3.79. The Labute approximate surface area is 131 Å². The molecular weight excluding hydrogens is 280 g/mol. The SMILES string of the molecule is Cc1noc([C@@H]2CN(C(=O)C3C(C)(C)C3(C)C)CCN2C)n1. The summed E-state index contributed by atoms with van der Waals surface area (Å²) in [5.41, 5.74) is 0.147. The van der Waals surface area contributed by atoms with E-state index in [9.17, 15) is 4.79 Å². The van der Waals surface area contributed by atoms with Gasteiger partial charge in [-0.2, -0.15) is 4.98 Å². The van der Waals surface area contributed by atoms with Crippen molar-refractivity contribution >= 4 is 5.91 Å². The third-order valence-corrected chi connectivity index (χ3v) is 6.06. The van der Waals surface area contributed by atoms with Crippen molar-refractivity contribution in [3.63, 3.8) is 0 Å². The highest BCUT2D eigenvalue weighted by molar-refractivity contribution is 5.84. The molecule has 0 bridgehead atoms. The molecule has 22 heavy (non-hydrogen) atoms. The van der Waals surface area contributed by atoms with Crippen LogP contribution in [0.4, 0.5) is 0 Å². The number of piperazine rings is 1. The van der Waals surface area contributed by atoms with Crippen molar-refractivity contribution in [2.75, 3.05) is 26.7 Å². The molecule has 2 aliphatic rings. The van der Waals surface area contributed by atoms with Crippen LogP contribution in [0.15, 0.2) is 4.52 Å². The number of carbonyl (C=O) groups excluding carboxylic acids is 1. The molecule has 3 rings (SSSR count). The topological polar surface area (TPSA) is 62.5 Å². The number of hydrogen-bond donors (Lipinski definition) is 0. The zero-order chi connectivity index (χ0) is 16.3. The average Bonchev–Trinajstić information content (AvgIpc) is 2.75. The summed E-state index contributed by atoms with van der Waals surface area (Å²) in [7, 11) is 2.04. The quantitative estimate of drug-likeness (QED) is 0.835. The fourth-order valence-corrected chi connectivity index (χ4v) is 3.79. The fraction of sp³-hybridized carbons (Fsp3) is 0.812. The van der Waals surface area contributed by atoms with Crippen LogP contribution in [0.3, 0.4) is 0 Å². The number of likely N-dealkylation sites (N-methyl/N-ethyl adjacent to an activating group) is 1. The Hall–Kier alpha value is -1.43. The highest BCUT2D eigenvalue weighted by Gasteiger charge is 2.69. The van der Waals surface area contributed by atoms with Gasteiger partial charge in [0.25, 0.3) is 0 Å².